The van der Waals surface area contributed by atoms with Crippen molar-refractivity contribution in [1.29, 1.82) is 5.26 Å². The van der Waals surface area contributed by atoms with Crippen molar-refractivity contribution in [1.82, 2.24) is 0 Å². The third kappa shape index (κ3) is 2.95. The second kappa shape index (κ2) is 4.52. The Bertz CT molecular complexity index is 472. The zero-order valence-corrected chi connectivity index (χ0v) is 9.63. The Labute approximate surface area is 103 Å². The molecule has 0 atom stereocenters. The number of alkyl halides is 3. The first-order valence-corrected chi connectivity index (χ1v) is 5.62. The Kier molecular flexibility index (Phi) is 3.20. The average Bonchev–Trinajstić information content (AvgIpc) is 3.07. The minimum atomic E-state index is -4.36. The number of rotatable bonds is 4. The molecule has 0 amide bonds. The maximum atomic E-state index is 12.5. The van der Waals surface area contributed by atoms with E-state index in [0.29, 0.717) is 13.0 Å². The van der Waals surface area contributed by atoms with Gasteiger partial charge in [0.2, 0.25) is 0 Å². The van der Waals surface area contributed by atoms with Crippen LogP contribution in [0.5, 0.6) is 5.75 Å². The van der Waals surface area contributed by atoms with Crippen LogP contribution in [0.4, 0.5) is 13.2 Å². The van der Waals surface area contributed by atoms with Gasteiger partial charge in [-0.1, -0.05) is 6.07 Å². The van der Waals surface area contributed by atoms with E-state index in [9.17, 15) is 13.2 Å². The summed E-state index contributed by atoms with van der Waals surface area (Å²) in [6.45, 7) is 0.307. The number of benzene rings is 1. The molecule has 2 nitrogen and oxygen atoms in total. The number of hydrogen-bond acceptors (Lipinski definition) is 2. The molecule has 1 fully saturated rings. The number of nitriles is 1. The quantitative estimate of drug-likeness (QED) is 0.820. The Morgan fingerprint density at radius 2 is 2.06 bits per heavy atom. The zero-order chi connectivity index (χ0) is 13.2. The smallest absolute Gasteiger partial charge is 0.416 e. The Morgan fingerprint density at radius 1 is 1.33 bits per heavy atom. The molecule has 0 bridgehead atoms. The van der Waals surface area contributed by atoms with Crippen molar-refractivity contribution in [3.05, 3.63) is 29.8 Å². The summed E-state index contributed by atoms with van der Waals surface area (Å²) in [5.41, 5.74) is -0.853. The highest BCUT2D eigenvalue weighted by molar-refractivity contribution is 5.30. The molecule has 1 aromatic carbocycles. The average molecular weight is 255 g/mol. The fraction of sp³-hybridized carbons (Fsp3) is 0.462. The first kappa shape index (κ1) is 12.7. The monoisotopic (exact) mass is 255 g/mol. The minimum absolute atomic E-state index is 0.136. The molecule has 1 aliphatic rings. The SMILES string of the molecule is N#CCC1(COc2cccc(C(F)(F)F)c2)CC1. The third-order valence-corrected chi connectivity index (χ3v) is 3.12. The Morgan fingerprint density at radius 3 is 2.61 bits per heavy atom. The summed E-state index contributed by atoms with van der Waals surface area (Å²) < 4.78 is 42.8. The van der Waals surface area contributed by atoms with Crippen LogP contribution in [0.25, 0.3) is 0 Å². The van der Waals surface area contributed by atoms with E-state index in [1.807, 2.05) is 0 Å². The first-order valence-electron chi connectivity index (χ1n) is 5.62. The van der Waals surface area contributed by atoms with Gasteiger partial charge in [-0.3, -0.25) is 0 Å². The maximum absolute atomic E-state index is 12.5. The lowest BCUT2D eigenvalue weighted by molar-refractivity contribution is -0.137. The van der Waals surface area contributed by atoms with Gasteiger partial charge in [0.05, 0.1) is 18.2 Å². The molecule has 0 radical (unpaired) electrons. The van der Waals surface area contributed by atoms with Crippen LogP contribution < -0.4 is 4.74 Å². The van der Waals surface area contributed by atoms with Crippen molar-refractivity contribution >= 4 is 0 Å². The summed E-state index contributed by atoms with van der Waals surface area (Å²) in [5.74, 6) is 0.203. The second-order valence-corrected chi connectivity index (χ2v) is 4.65. The van der Waals surface area contributed by atoms with Gasteiger partial charge in [-0.15, -0.1) is 0 Å². The molecule has 0 saturated heterocycles. The van der Waals surface area contributed by atoms with E-state index in [2.05, 4.69) is 6.07 Å². The highest BCUT2D eigenvalue weighted by Crippen LogP contribution is 2.48. The summed E-state index contributed by atoms with van der Waals surface area (Å²) in [6.07, 6.45) is -2.16. The molecule has 2 rings (SSSR count). The number of hydrogen-bond donors (Lipinski definition) is 0. The molecule has 0 spiro atoms. The van der Waals surface area contributed by atoms with E-state index in [1.165, 1.54) is 12.1 Å². The lowest BCUT2D eigenvalue weighted by Gasteiger charge is -2.14. The van der Waals surface area contributed by atoms with Crippen LogP contribution >= 0.6 is 0 Å². The minimum Gasteiger partial charge on any atom is -0.493 e. The van der Waals surface area contributed by atoms with Gasteiger partial charge in [-0.05, 0) is 31.0 Å². The van der Waals surface area contributed by atoms with Gasteiger partial charge < -0.3 is 4.74 Å². The lowest BCUT2D eigenvalue weighted by atomic mass is 10.1. The van der Waals surface area contributed by atoms with Crippen LogP contribution in [-0.2, 0) is 6.18 Å². The molecule has 18 heavy (non-hydrogen) atoms. The van der Waals surface area contributed by atoms with E-state index >= 15 is 0 Å². The molecular formula is C13H12F3NO. The van der Waals surface area contributed by atoms with Gasteiger partial charge in [0.1, 0.15) is 5.75 Å². The predicted molar refractivity (Wildman–Crippen MR) is 58.8 cm³/mol. The fourth-order valence-electron chi connectivity index (χ4n) is 1.72. The summed E-state index contributed by atoms with van der Waals surface area (Å²) in [4.78, 5) is 0. The molecular weight excluding hydrogens is 243 g/mol. The Hall–Kier alpha value is -1.70. The van der Waals surface area contributed by atoms with Gasteiger partial charge in [0.15, 0.2) is 0 Å². The van der Waals surface area contributed by atoms with E-state index in [-0.39, 0.29) is 11.2 Å². The van der Waals surface area contributed by atoms with E-state index < -0.39 is 11.7 Å². The molecule has 1 saturated carbocycles. The Balaban J connectivity index is 2.01. The van der Waals surface area contributed by atoms with Crippen molar-refractivity contribution in [2.75, 3.05) is 6.61 Å². The molecule has 96 valence electrons. The highest BCUT2D eigenvalue weighted by Gasteiger charge is 2.43. The molecule has 0 N–H and O–H groups in total. The molecule has 1 aliphatic carbocycles. The van der Waals surface area contributed by atoms with E-state index in [1.54, 1.807) is 0 Å². The topological polar surface area (TPSA) is 33.0 Å². The number of nitrogens with zero attached hydrogens (tertiary/aromatic N) is 1. The van der Waals surface area contributed by atoms with E-state index in [4.69, 9.17) is 10.00 Å². The third-order valence-electron chi connectivity index (χ3n) is 3.12. The molecule has 1 aromatic rings. The van der Waals surface area contributed by atoms with Crippen LogP contribution in [0.3, 0.4) is 0 Å². The lowest BCUT2D eigenvalue weighted by Crippen LogP contribution is -2.13. The maximum Gasteiger partial charge on any atom is 0.416 e. The van der Waals surface area contributed by atoms with E-state index in [0.717, 1.165) is 25.0 Å². The van der Waals surface area contributed by atoms with Crippen molar-refractivity contribution in [3.8, 4) is 11.8 Å². The van der Waals surface area contributed by atoms with Gasteiger partial charge in [-0.2, -0.15) is 18.4 Å². The zero-order valence-electron chi connectivity index (χ0n) is 9.63. The second-order valence-electron chi connectivity index (χ2n) is 4.65. The molecule has 0 unspecified atom stereocenters. The van der Waals surface area contributed by atoms with Gasteiger partial charge in [0, 0.05) is 11.8 Å². The van der Waals surface area contributed by atoms with Crippen molar-refractivity contribution in [2.45, 2.75) is 25.4 Å². The van der Waals surface area contributed by atoms with Gasteiger partial charge >= 0.3 is 6.18 Å². The standard InChI is InChI=1S/C13H12F3NO/c14-13(15,16)10-2-1-3-11(8-10)18-9-12(4-5-12)6-7-17/h1-3,8H,4-6,9H2. The molecule has 0 aromatic heterocycles. The van der Waals surface area contributed by atoms with Crippen LogP contribution in [0, 0.1) is 16.7 Å². The first-order chi connectivity index (χ1) is 8.45. The number of ether oxygens (including phenoxy) is 1. The van der Waals surface area contributed by atoms with Crippen LogP contribution in [0.15, 0.2) is 24.3 Å². The van der Waals surface area contributed by atoms with Crippen LogP contribution in [0.1, 0.15) is 24.8 Å². The summed E-state index contributed by atoms with van der Waals surface area (Å²) in [7, 11) is 0. The van der Waals surface area contributed by atoms with Crippen molar-refractivity contribution in [2.24, 2.45) is 5.41 Å². The molecule has 5 heteroatoms. The molecule has 0 heterocycles. The fourth-order valence-corrected chi connectivity index (χ4v) is 1.72. The largest absolute Gasteiger partial charge is 0.493 e. The summed E-state index contributed by atoms with van der Waals surface area (Å²) >= 11 is 0. The van der Waals surface area contributed by atoms with Crippen molar-refractivity contribution < 1.29 is 17.9 Å². The van der Waals surface area contributed by atoms with Crippen molar-refractivity contribution in [3.63, 3.8) is 0 Å². The number of halogens is 3. The summed E-state index contributed by atoms with van der Waals surface area (Å²) in [6, 6.07) is 6.90. The molecule has 0 aliphatic heterocycles. The van der Waals surface area contributed by atoms with Gasteiger partial charge in [0.25, 0.3) is 0 Å². The summed E-state index contributed by atoms with van der Waals surface area (Å²) in [5, 5.41) is 8.64. The predicted octanol–water partition coefficient (Wildman–Crippen LogP) is 3.78. The highest BCUT2D eigenvalue weighted by atomic mass is 19.4. The van der Waals surface area contributed by atoms with Crippen LogP contribution in [-0.4, -0.2) is 6.61 Å². The van der Waals surface area contributed by atoms with Crippen LogP contribution in [0.2, 0.25) is 0 Å². The van der Waals surface area contributed by atoms with Gasteiger partial charge in [-0.25, -0.2) is 0 Å². The normalized spacial score (nSPS) is 17.0.